The second kappa shape index (κ2) is 6.86. The summed E-state index contributed by atoms with van der Waals surface area (Å²) in [6.07, 6.45) is -0.0754. The van der Waals surface area contributed by atoms with Crippen LogP contribution < -0.4 is 0 Å². The van der Waals surface area contributed by atoms with Gasteiger partial charge in [0.05, 0.1) is 0 Å². The van der Waals surface area contributed by atoms with Crippen molar-refractivity contribution in [2.24, 2.45) is 5.41 Å². The van der Waals surface area contributed by atoms with Crippen LogP contribution in [0.4, 0.5) is 0 Å². The first kappa shape index (κ1) is 19.9. The zero-order chi connectivity index (χ0) is 21.7. The molecule has 0 bridgehead atoms. The lowest BCUT2D eigenvalue weighted by atomic mass is 9.55. The topological polar surface area (TPSA) is 110 Å². The molecule has 1 heterocycles. The molecular formula is C23H22O7. The number of ketones is 1. The largest absolute Gasteiger partial charge is 0.508 e. The molecule has 30 heavy (non-hydrogen) atoms. The molecule has 2 aliphatic rings. The Balaban J connectivity index is 1.93. The van der Waals surface area contributed by atoms with E-state index in [4.69, 9.17) is 9.47 Å². The average Bonchev–Trinajstić information content (AvgIpc) is 2.66. The Hall–Kier alpha value is -3.35. The molecule has 0 unspecified atom stereocenters. The minimum absolute atomic E-state index is 0.0277. The van der Waals surface area contributed by atoms with E-state index in [9.17, 15) is 24.6 Å². The van der Waals surface area contributed by atoms with Crippen LogP contribution in [0.2, 0.25) is 0 Å². The smallest absolute Gasteiger partial charge is 0.328 e. The fourth-order valence-electron chi connectivity index (χ4n) is 4.57. The van der Waals surface area contributed by atoms with Crippen molar-refractivity contribution in [3.8, 4) is 11.5 Å². The summed E-state index contributed by atoms with van der Waals surface area (Å²) in [6, 6.07) is 12.1. The summed E-state index contributed by atoms with van der Waals surface area (Å²) in [7, 11) is 0. The number of carbonyl (C=O) groups excluding carboxylic acids is 3. The fourth-order valence-corrected chi connectivity index (χ4v) is 4.57. The van der Waals surface area contributed by atoms with E-state index in [0.29, 0.717) is 11.1 Å². The fraction of sp³-hybridized carbons (Fsp3) is 0.348. The van der Waals surface area contributed by atoms with E-state index < -0.39 is 35.0 Å². The van der Waals surface area contributed by atoms with E-state index in [-0.39, 0.29) is 30.1 Å². The summed E-state index contributed by atoms with van der Waals surface area (Å²) in [5.74, 6) is -4.61. The van der Waals surface area contributed by atoms with Crippen LogP contribution in [-0.2, 0) is 23.9 Å². The molecule has 7 nitrogen and oxygen atoms in total. The summed E-state index contributed by atoms with van der Waals surface area (Å²) in [4.78, 5) is 39.7. The monoisotopic (exact) mass is 410 g/mol. The first-order chi connectivity index (χ1) is 14.1. The number of aromatic hydroxyl groups is 2. The number of ether oxygens (including phenoxy) is 2. The van der Waals surface area contributed by atoms with Gasteiger partial charge in [-0.2, -0.15) is 0 Å². The highest BCUT2D eigenvalue weighted by Crippen LogP contribution is 2.58. The number of phenols is 2. The van der Waals surface area contributed by atoms with E-state index in [0.717, 1.165) is 0 Å². The quantitative estimate of drug-likeness (QED) is 0.578. The van der Waals surface area contributed by atoms with Gasteiger partial charge >= 0.3 is 11.9 Å². The van der Waals surface area contributed by atoms with Crippen LogP contribution in [0, 0.1) is 5.41 Å². The Kier molecular flexibility index (Phi) is 4.56. The van der Waals surface area contributed by atoms with Crippen molar-refractivity contribution in [1.82, 2.24) is 0 Å². The number of rotatable bonds is 2. The van der Waals surface area contributed by atoms with E-state index >= 15 is 0 Å². The predicted molar refractivity (Wildman–Crippen MR) is 105 cm³/mol. The highest BCUT2D eigenvalue weighted by molar-refractivity contribution is 6.06. The molecule has 2 fully saturated rings. The molecule has 1 aliphatic heterocycles. The van der Waals surface area contributed by atoms with Gasteiger partial charge in [0.25, 0.3) is 5.79 Å². The number of phenolic OH excluding ortho intramolecular Hbond substituents is 2. The molecule has 0 radical (unpaired) electrons. The second-order valence-electron chi connectivity index (χ2n) is 8.28. The normalized spacial score (nSPS) is 24.9. The van der Waals surface area contributed by atoms with Crippen LogP contribution in [0.5, 0.6) is 11.5 Å². The lowest BCUT2D eigenvalue weighted by Crippen LogP contribution is -2.61. The number of hydrogen-bond acceptors (Lipinski definition) is 7. The number of benzene rings is 2. The Morgan fingerprint density at radius 1 is 0.733 bits per heavy atom. The lowest BCUT2D eigenvalue weighted by molar-refractivity contribution is -0.256. The van der Waals surface area contributed by atoms with E-state index in [1.54, 1.807) is 24.3 Å². The molecule has 1 aliphatic carbocycles. The van der Waals surface area contributed by atoms with Crippen molar-refractivity contribution in [2.75, 3.05) is 0 Å². The zero-order valence-electron chi connectivity index (χ0n) is 16.6. The first-order valence-corrected chi connectivity index (χ1v) is 9.70. The number of Topliss-reactive ketones (excluding diaryl/α,β-unsaturated/α-hetero) is 1. The molecule has 1 saturated heterocycles. The number of esters is 2. The standard InChI is InChI=1S/C23H22O7/c1-22(2)29-20(27)23(21(28)30-22)18(13-3-7-15(24)8-4-13)11-17(26)12-19(23)14-5-9-16(25)10-6-14/h3-10,18-19,24-25H,11-12H2,1-2H3/t18-,19+. The van der Waals surface area contributed by atoms with E-state index in [1.165, 1.54) is 38.1 Å². The van der Waals surface area contributed by atoms with Crippen LogP contribution in [0.15, 0.2) is 48.5 Å². The predicted octanol–water partition coefficient (Wildman–Crippen LogP) is 3.15. The highest BCUT2D eigenvalue weighted by atomic mass is 16.7. The number of cyclic esters (lactones) is 2. The zero-order valence-corrected chi connectivity index (χ0v) is 16.6. The third-order valence-corrected chi connectivity index (χ3v) is 5.91. The van der Waals surface area contributed by atoms with Crippen LogP contribution in [0.3, 0.4) is 0 Å². The molecule has 2 aromatic carbocycles. The Morgan fingerprint density at radius 3 is 1.47 bits per heavy atom. The summed E-state index contributed by atoms with van der Waals surface area (Å²) in [5.41, 5.74) is -0.659. The van der Waals surface area contributed by atoms with Crippen LogP contribution in [0.1, 0.15) is 49.7 Å². The lowest BCUT2D eigenvalue weighted by Gasteiger charge is -2.49. The van der Waals surface area contributed by atoms with Crippen molar-refractivity contribution in [3.05, 3.63) is 59.7 Å². The first-order valence-electron chi connectivity index (χ1n) is 9.70. The van der Waals surface area contributed by atoms with E-state index in [1.807, 2.05) is 0 Å². The van der Waals surface area contributed by atoms with Crippen molar-refractivity contribution >= 4 is 17.7 Å². The third-order valence-electron chi connectivity index (χ3n) is 5.91. The summed E-state index contributed by atoms with van der Waals surface area (Å²) in [6.45, 7) is 2.96. The Bertz CT molecular complexity index is 925. The second-order valence-corrected chi connectivity index (χ2v) is 8.28. The van der Waals surface area contributed by atoms with Crippen LogP contribution in [-0.4, -0.2) is 33.7 Å². The molecule has 4 rings (SSSR count). The maximum Gasteiger partial charge on any atom is 0.328 e. The summed E-state index contributed by atoms with van der Waals surface area (Å²) in [5, 5.41) is 19.3. The van der Waals surface area contributed by atoms with Gasteiger partial charge < -0.3 is 19.7 Å². The average molecular weight is 410 g/mol. The SMILES string of the molecule is CC1(C)OC(=O)C2(C(=O)O1)[C@@H](c1ccc(O)cc1)CC(=O)C[C@H]2c1ccc(O)cc1. The maximum absolute atomic E-state index is 13.5. The summed E-state index contributed by atoms with van der Waals surface area (Å²) >= 11 is 0. The minimum Gasteiger partial charge on any atom is -0.508 e. The van der Waals surface area contributed by atoms with Gasteiger partial charge in [-0.1, -0.05) is 24.3 Å². The van der Waals surface area contributed by atoms with Gasteiger partial charge in [0.15, 0.2) is 5.41 Å². The molecule has 7 heteroatoms. The molecule has 0 aromatic heterocycles. The molecular weight excluding hydrogens is 388 g/mol. The van der Waals surface area contributed by atoms with Gasteiger partial charge in [0, 0.05) is 38.5 Å². The molecule has 156 valence electrons. The Morgan fingerprint density at radius 2 is 1.10 bits per heavy atom. The molecule has 2 atom stereocenters. The molecule has 1 saturated carbocycles. The van der Waals surface area contributed by atoms with Gasteiger partial charge in [-0.05, 0) is 35.4 Å². The molecule has 2 N–H and O–H groups in total. The van der Waals surface area contributed by atoms with Gasteiger partial charge in [-0.25, -0.2) is 0 Å². The van der Waals surface area contributed by atoms with Gasteiger partial charge in [0.2, 0.25) is 0 Å². The van der Waals surface area contributed by atoms with Gasteiger partial charge in [-0.3, -0.25) is 14.4 Å². The number of hydrogen-bond donors (Lipinski definition) is 2. The highest BCUT2D eigenvalue weighted by Gasteiger charge is 2.67. The van der Waals surface area contributed by atoms with Crippen molar-refractivity contribution in [3.63, 3.8) is 0 Å². The van der Waals surface area contributed by atoms with Gasteiger partial charge in [-0.15, -0.1) is 0 Å². The third kappa shape index (κ3) is 3.10. The minimum atomic E-state index is -1.77. The van der Waals surface area contributed by atoms with Crippen LogP contribution in [0.25, 0.3) is 0 Å². The van der Waals surface area contributed by atoms with Crippen molar-refractivity contribution in [1.29, 1.82) is 0 Å². The number of carbonyl (C=O) groups is 3. The molecule has 1 spiro atoms. The van der Waals surface area contributed by atoms with E-state index in [2.05, 4.69) is 0 Å². The maximum atomic E-state index is 13.5. The van der Waals surface area contributed by atoms with Crippen molar-refractivity contribution in [2.45, 2.75) is 44.3 Å². The van der Waals surface area contributed by atoms with Crippen LogP contribution >= 0.6 is 0 Å². The summed E-state index contributed by atoms with van der Waals surface area (Å²) < 4.78 is 11.1. The Labute approximate surface area is 173 Å². The molecule has 0 amide bonds. The molecule has 2 aromatic rings. The van der Waals surface area contributed by atoms with Gasteiger partial charge in [0.1, 0.15) is 17.3 Å². The van der Waals surface area contributed by atoms with Crippen molar-refractivity contribution < 1.29 is 34.1 Å².